The largest absolute Gasteiger partial charge is 0.488 e. The van der Waals surface area contributed by atoms with Crippen LogP contribution in [0.25, 0.3) is 6.08 Å². The summed E-state index contributed by atoms with van der Waals surface area (Å²) in [5.41, 5.74) is 2.12. The van der Waals surface area contributed by atoms with E-state index >= 15 is 0 Å². The predicted molar refractivity (Wildman–Crippen MR) is 138 cm³/mol. The molecule has 1 aliphatic heterocycles. The number of nitrogens with zero attached hydrogens (tertiary/aromatic N) is 2. The van der Waals surface area contributed by atoms with Gasteiger partial charge in [0.25, 0.3) is 5.91 Å². The molecule has 0 aliphatic carbocycles. The number of esters is 1. The second-order valence-corrected chi connectivity index (χ2v) is 9.39. The SMILES string of the molecule is COC(=O)c1ccc(N=C2S/C(=C\c3cc(Br)ccc3OCc3ccccc3F)C(=O)N2C)cc1. The maximum Gasteiger partial charge on any atom is 0.337 e. The average molecular weight is 555 g/mol. The van der Waals surface area contributed by atoms with Gasteiger partial charge in [-0.1, -0.05) is 34.1 Å². The molecule has 1 aliphatic rings. The Morgan fingerprint density at radius 1 is 1.14 bits per heavy atom. The molecule has 178 valence electrons. The number of hydrogen-bond donors (Lipinski definition) is 0. The molecule has 4 rings (SSSR count). The van der Waals surface area contributed by atoms with E-state index in [1.807, 2.05) is 12.1 Å². The van der Waals surface area contributed by atoms with Crippen molar-refractivity contribution in [2.24, 2.45) is 4.99 Å². The summed E-state index contributed by atoms with van der Waals surface area (Å²) >= 11 is 4.68. The van der Waals surface area contributed by atoms with Crippen LogP contribution in [0.1, 0.15) is 21.5 Å². The maximum absolute atomic E-state index is 14.0. The van der Waals surface area contributed by atoms with E-state index in [-0.39, 0.29) is 18.3 Å². The molecule has 35 heavy (non-hydrogen) atoms. The number of aliphatic imine (C=N–C) groups is 1. The van der Waals surface area contributed by atoms with Crippen molar-refractivity contribution in [1.29, 1.82) is 0 Å². The summed E-state index contributed by atoms with van der Waals surface area (Å²) in [5.74, 6) is -0.462. The van der Waals surface area contributed by atoms with Gasteiger partial charge in [0, 0.05) is 22.6 Å². The molecular weight excluding hydrogens is 535 g/mol. The minimum absolute atomic E-state index is 0.0553. The first-order chi connectivity index (χ1) is 16.9. The zero-order valence-electron chi connectivity index (χ0n) is 18.8. The van der Waals surface area contributed by atoms with Crippen LogP contribution in [-0.4, -0.2) is 36.1 Å². The fourth-order valence-electron chi connectivity index (χ4n) is 3.23. The number of amides is 1. The number of carbonyl (C=O) groups is 2. The number of halogens is 2. The summed E-state index contributed by atoms with van der Waals surface area (Å²) in [4.78, 5) is 31.0. The van der Waals surface area contributed by atoms with Gasteiger partial charge in [0.2, 0.25) is 0 Å². The molecule has 0 aromatic heterocycles. The first kappa shape index (κ1) is 24.7. The van der Waals surface area contributed by atoms with Gasteiger partial charge in [0.15, 0.2) is 5.17 Å². The molecule has 0 radical (unpaired) electrons. The second kappa shape index (κ2) is 10.9. The summed E-state index contributed by atoms with van der Waals surface area (Å²) in [6.45, 7) is 0.0553. The Balaban J connectivity index is 1.57. The molecule has 0 saturated carbocycles. The molecule has 0 unspecified atom stereocenters. The van der Waals surface area contributed by atoms with Crippen LogP contribution in [0.2, 0.25) is 0 Å². The van der Waals surface area contributed by atoms with E-state index < -0.39 is 5.97 Å². The van der Waals surface area contributed by atoms with Gasteiger partial charge >= 0.3 is 5.97 Å². The van der Waals surface area contributed by atoms with Crippen LogP contribution in [0.4, 0.5) is 10.1 Å². The highest BCUT2D eigenvalue weighted by molar-refractivity contribution is 9.10. The highest BCUT2D eigenvalue weighted by Gasteiger charge is 2.30. The standard InChI is InChI=1S/C26H20BrFN2O4S/c1-30-24(31)23(35-26(30)29-20-10-7-16(8-11-20)25(32)33-2)14-18-13-19(27)9-12-22(18)34-15-17-5-3-4-6-21(17)28/h3-14H,15H2,1-2H3/b23-14-,29-26?. The highest BCUT2D eigenvalue weighted by atomic mass is 79.9. The number of likely N-dealkylation sites (N-methyl/N-ethyl adjacent to an activating group) is 1. The molecular formula is C26H20BrFN2O4S. The van der Waals surface area contributed by atoms with E-state index in [2.05, 4.69) is 20.9 Å². The lowest BCUT2D eigenvalue weighted by Gasteiger charge is -2.11. The van der Waals surface area contributed by atoms with Crippen LogP contribution in [0, 0.1) is 5.82 Å². The lowest BCUT2D eigenvalue weighted by molar-refractivity contribution is -0.121. The molecule has 9 heteroatoms. The Hall–Kier alpha value is -3.43. The van der Waals surface area contributed by atoms with Crippen molar-refractivity contribution in [3.8, 4) is 5.75 Å². The molecule has 3 aromatic rings. The molecule has 6 nitrogen and oxygen atoms in total. The molecule has 1 heterocycles. The number of hydrogen-bond acceptors (Lipinski definition) is 6. The van der Waals surface area contributed by atoms with Crippen molar-refractivity contribution >= 4 is 56.5 Å². The Morgan fingerprint density at radius 3 is 2.60 bits per heavy atom. The van der Waals surface area contributed by atoms with Crippen LogP contribution >= 0.6 is 27.7 Å². The van der Waals surface area contributed by atoms with E-state index in [4.69, 9.17) is 9.47 Å². The van der Waals surface area contributed by atoms with Crippen molar-refractivity contribution in [1.82, 2.24) is 4.90 Å². The fraction of sp³-hybridized carbons (Fsp3) is 0.115. The number of rotatable bonds is 6. The van der Waals surface area contributed by atoms with E-state index in [1.165, 1.54) is 29.8 Å². The monoisotopic (exact) mass is 554 g/mol. The van der Waals surface area contributed by atoms with Crippen LogP contribution in [0.15, 0.2) is 81.1 Å². The van der Waals surface area contributed by atoms with Gasteiger partial charge in [-0.15, -0.1) is 0 Å². The smallest absolute Gasteiger partial charge is 0.337 e. The van der Waals surface area contributed by atoms with Gasteiger partial charge < -0.3 is 9.47 Å². The molecule has 3 aromatic carbocycles. The molecule has 1 fully saturated rings. The number of amidine groups is 1. The summed E-state index contributed by atoms with van der Waals surface area (Å²) < 4.78 is 25.4. The quantitative estimate of drug-likeness (QED) is 0.268. The van der Waals surface area contributed by atoms with Crippen molar-refractivity contribution < 1.29 is 23.5 Å². The molecule has 1 amide bonds. The van der Waals surface area contributed by atoms with Gasteiger partial charge in [0.05, 0.1) is 23.3 Å². The Bertz CT molecular complexity index is 1340. The second-order valence-electron chi connectivity index (χ2n) is 7.47. The Kier molecular flexibility index (Phi) is 7.67. The molecule has 0 N–H and O–H groups in total. The molecule has 1 saturated heterocycles. The third-order valence-electron chi connectivity index (χ3n) is 5.12. The van der Waals surface area contributed by atoms with E-state index in [9.17, 15) is 14.0 Å². The Morgan fingerprint density at radius 2 is 1.89 bits per heavy atom. The minimum atomic E-state index is -0.431. The zero-order chi connectivity index (χ0) is 24.9. The van der Waals surface area contributed by atoms with E-state index in [0.717, 1.165) is 4.47 Å². The number of methoxy groups -OCH3 is 1. The van der Waals surface area contributed by atoms with Gasteiger partial charge in [-0.25, -0.2) is 14.2 Å². The first-order valence-corrected chi connectivity index (χ1v) is 12.1. The predicted octanol–water partition coefficient (Wildman–Crippen LogP) is 6.19. The number of benzene rings is 3. The lowest BCUT2D eigenvalue weighted by Crippen LogP contribution is -2.23. The maximum atomic E-state index is 14.0. The topological polar surface area (TPSA) is 68.2 Å². The summed E-state index contributed by atoms with van der Waals surface area (Å²) in [5, 5.41) is 0.496. The minimum Gasteiger partial charge on any atom is -0.488 e. The van der Waals surface area contributed by atoms with Crippen LogP contribution in [0.5, 0.6) is 5.75 Å². The third-order valence-corrected chi connectivity index (χ3v) is 6.67. The molecule has 0 bridgehead atoms. The van der Waals surface area contributed by atoms with Crippen molar-refractivity contribution in [2.45, 2.75) is 6.61 Å². The normalized spacial score (nSPS) is 15.7. The summed E-state index contributed by atoms with van der Waals surface area (Å²) in [6, 6.07) is 18.4. The summed E-state index contributed by atoms with van der Waals surface area (Å²) in [6.07, 6.45) is 1.73. The van der Waals surface area contributed by atoms with Crippen LogP contribution in [0.3, 0.4) is 0 Å². The number of ether oxygens (including phenoxy) is 2. The van der Waals surface area contributed by atoms with Crippen molar-refractivity contribution in [3.05, 3.63) is 98.6 Å². The first-order valence-electron chi connectivity index (χ1n) is 10.5. The molecule has 0 spiro atoms. The van der Waals surface area contributed by atoms with Gasteiger partial charge in [0.1, 0.15) is 18.2 Å². The van der Waals surface area contributed by atoms with E-state index in [0.29, 0.717) is 38.2 Å². The summed E-state index contributed by atoms with van der Waals surface area (Å²) in [7, 11) is 2.97. The fourth-order valence-corrected chi connectivity index (χ4v) is 4.58. The van der Waals surface area contributed by atoms with Crippen molar-refractivity contribution in [3.63, 3.8) is 0 Å². The third kappa shape index (κ3) is 5.80. The zero-order valence-corrected chi connectivity index (χ0v) is 21.2. The van der Waals surface area contributed by atoms with Crippen molar-refractivity contribution in [2.75, 3.05) is 14.2 Å². The van der Waals surface area contributed by atoms with Crippen LogP contribution < -0.4 is 4.74 Å². The van der Waals surface area contributed by atoms with Crippen LogP contribution in [-0.2, 0) is 16.1 Å². The average Bonchev–Trinajstić information content (AvgIpc) is 3.12. The molecule has 0 atom stereocenters. The van der Waals surface area contributed by atoms with Gasteiger partial charge in [-0.2, -0.15) is 0 Å². The number of carbonyl (C=O) groups excluding carboxylic acids is 2. The van der Waals surface area contributed by atoms with Gasteiger partial charge in [-0.05, 0) is 66.4 Å². The highest BCUT2D eigenvalue weighted by Crippen LogP contribution is 2.35. The number of thioether (sulfide) groups is 1. The lowest BCUT2D eigenvalue weighted by atomic mass is 10.1. The Labute approximate surface area is 214 Å². The van der Waals surface area contributed by atoms with E-state index in [1.54, 1.807) is 61.7 Å². The van der Waals surface area contributed by atoms with Gasteiger partial charge in [-0.3, -0.25) is 9.69 Å².